The summed E-state index contributed by atoms with van der Waals surface area (Å²) < 4.78 is 0. The molecule has 4 nitrogen and oxygen atoms in total. The molecule has 20 heavy (non-hydrogen) atoms. The standard InChI is InChI=1S/C16H21N3O/c1-11-4-5-12(2)14(8-11)18-9-15(20)19-16(3,10-17)13-6-7-13/h4-5,8,13,18H,6-7,9H2,1-3H3,(H,19,20)/t16-/m0/s1. The zero-order valence-electron chi connectivity index (χ0n) is 12.3. The molecule has 1 fully saturated rings. The van der Waals surface area contributed by atoms with Crippen LogP contribution in [-0.4, -0.2) is 18.0 Å². The van der Waals surface area contributed by atoms with Crippen molar-refractivity contribution in [3.8, 4) is 6.07 Å². The maximum Gasteiger partial charge on any atom is 0.240 e. The molecule has 0 aliphatic heterocycles. The van der Waals surface area contributed by atoms with Crippen LogP contribution in [0.4, 0.5) is 5.69 Å². The number of amides is 1. The van der Waals surface area contributed by atoms with Crippen molar-refractivity contribution in [3.05, 3.63) is 29.3 Å². The number of anilines is 1. The van der Waals surface area contributed by atoms with Crippen molar-refractivity contribution in [1.29, 1.82) is 5.26 Å². The van der Waals surface area contributed by atoms with Crippen LogP contribution in [0.25, 0.3) is 0 Å². The summed E-state index contributed by atoms with van der Waals surface area (Å²) in [6.07, 6.45) is 2.05. The van der Waals surface area contributed by atoms with Crippen LogP contribution < -0.4 is 10.6 Å². The van der Waals surface area contributed by atoms with Crippen LogP contribution in [0.1, 0.15) is 30.9 Å². The van der Waals surface area contributed by atoms with E-state index in [9.17, 15) is 10.1 Å². The number of nitrogens with zero attached hydrogens (tertiary/aromatic N) is 1. The molecule has 0 saturated heterocycles. The first-order chi connectivity index (χ1) is 9.44. The molecule has 1 amide bonds. The third-order valence-electron chi connectivity index (χ3n) is 3.86. The van der Waals surface area contributed by atoms with E-state index in [0.29, 0.717) is 5.92 Å². The molecule has 2 rings (SSSR count). The van der Waals surface area contributed by atoms with E-state index < -0.39 is 5.54 Å². The molecule has 0 spiro atoms. The number of hydrogen-bond acceptors (Lipinski definition) is 3. The number of rotatable bonds is 5. The number of nitrogens with one attached hydrogen (secondary N) is 2. The Hall–Kier alpha value is -2.02. The first kappa shape index (κ1) is 14.4. The van der Waals surface area contributed by atoms with Crippen LogP contribution in [0.5, 0.6) is 0 Å². The van der Waals surface area contributed by atoms with Gasteiger partial charge in [0.25, 0.3) is 0 Å². The fourth-order valence-electron chi connectivity index (χ4n) is 2.32. The summed E-state index contributed by atoms with van der Waals surface area (Å²) in [6.45, 7) is 6.02. The Kier molecular flexibility index (Phi) is 3.99. The lowest BCUT2D eigenvalue weighted by Crippen LogP contribution is -2.48. The number of benzene rings is 1. The minimum atomic E-state index is -0.722. The van der Waals surface area contributed by atoms with Crippen LogP contribution in [0.2, 0.25) is 0 Å². The highest BCUT2D eigenvalue weighted by atomic mass is 16.2. The molecule has 106 valence electrons. The summed E-state index contributed by atoms with van der Waals surface area (Å²) in [5.41, 5.74) is 2.50. The summed E-state index contributed by atoms with van der Waals surface area (Å²) in [4.78, 5) is 12.0. The molecule has 1 aromatic carbocycles. The van der Waals surface area contributed by atoms with Gasteiger partial charge in [0.05, 0.1) is 12.6 Å². The molecule has 4 heteroatoms. The van der Waals surface area contributed by atoms with E-state index in [1.165, 1.54) is 0 Å². The highest BCUT2D eigenvalue weighted by Crippen LogP contribution is 2.39. The second kappa shape index (κ2) is 5.54. The minimum Gasteiger partial charge on any atom is -0.376 e. The van der Waals surface area contributed by atoms with Crippen LogP contribution in [0, 0.1) is 31.1 Å². The number of hydrogen-bond donors (Lipinski definition) is 2. The van der Waals surface area contributed by atoms with Gasteiger partial charge in [0.2, 0.25) is 5.91 Å². The molecular weight excluding hydrogens is 250 g/mol. The predicted octanol–water partition coefficient (Wildman–Crippen LogP) is 2.52. The normalized spacial score (nSPS) is 16.9. The van der Waals surface area contributed by atoms with Crippen LogP contribution in [-0.2, 0) is 4.79 Å². The molecule has 1 aromatic rings. The predicted molar refractivity (Wildman–Crippen MR) is 79.3 cm³/mol. The van der Waals surface area contributed by atoms with E-state index in [2.05, 4.69) is 16.7 Å². The van der Waals surface area contributed by atoms with Crippen molar-refractivity contribution >= 4 is 11.6 Å². The monoisotopic (exact) mass is 271 g/mol. The Morgan fingerprint density at radius 3 is 2.75 bits per heavy atom. The van der Waals surface area contributed by atoms with Gasteiger partial charge in [-0.1, -0.05) is 12.1 Å². The first-order valence-corrected chi connectivity index (χ1v) is 6.98. The molecule has 0 unspecified atom stereocenters. The van der Waals surface area contributed by atoms with E-state index in [-0.39, 0.29) is 12.5 Å². The van der Waals surface area contributed by atoms with Crippen LogP contribution in [0.3, 0.4) is 0 Å². The minimum absolute atomic E-state index is 0.137. The van der Waals surface area contributed by atoms with Crippen molar-refractivity contribution < 1.29 is 4.79 Å². The molecule has 2 N–H and O–H groups in total. The lowest BCUT2D eigenvalue weighted by atomic mass is 9.98. The summed E-state index contributed by atoms with van der Waals surface area (Å²) in [5.74, 6) is 0.166. The maximum absolute atomic E-state index is 12.0. The van der Waals surface area contributed by atoms with E-state index in [4.69, 9.17) is 0 Å². The highest BCUT2D eigenvalue weighted by Gasteiger charge is 2.42. The highest BCUT2D eigenvalue weighted by molar-refractivity contribution is 5.82. The molecule has 1 atom stereocenters. The van der Waals surface area contributed by atoms with Crippen molar-refractivity contribution in [2.24, 2.45) is 5.92 Å². The van der Waals surface area contributed by atoms with Crippen LogP contribution in [0.15, 0.2) is 18.2 Å². The quantitative estimate of drug-likeness (QED) is 0.865. The van der Waals surface area contributed by atoms with Gasteiger partial charge in [0.1, 0.15) is 5.54 Å². The van der Waals surface area contributed by atoms with Crippen molar-refractivity contribution in [2.45, 2.75) is 39.2 Å². The lowest BCUT2D eigenvalue weighted by Gasteiger charge is -2.23. The first-order valence-electron chi connectivity index (χ1n) is 6.98. The van der Waals surface area contributed by atoms with Gasteiger partial charge < -0.3 is 10.6 Å². The van der Waals surface area contributed by atoms with Crippen molar-refractivity contribution in [2.75, 3.05) is 11.9 Å². The van der Waals surface area contributed by atoms with E-state index >= 15 is 0 Å². The second-order valence-electron chi connectivity index (χ2n) is 5.81. The molecule has 0 aromatic heterocycles. The molecule has 0 heterocycles. The Morgan fingerprint density at radius 2 is 2.15 bits per heavy atom. The third kappa shape index (κ3) is 3.30. The van der Waals surface area contributed by atoms with Gasteiger partial charge in [-0.05, 0) is 56.7 Å². The Labute approximate surface area is 120 Å². The van der Waals surface area contributed by atoms with Gasteiger partial charge in [-0.15, -0.1) is 0 Å². The summed E-state index contributed by atoms with van der Waals surface area (Å²) >= 11 is 0. The largest absolute Gasteiger partial charge is 0.376 e. The zero-order chi connectivity index (χ0) is 14.8. The average molecular weight is 271 g/mol. The molecule has 1 aliphatic carbocycles. The Morgan fingerprint density at radius 1 is 1.45 bits per heavy atom. The lowest BCUT2D eigenvalue weighted by molar-refractivity contribution is -0.120. The number of nitriles is 1. The Balaban J connectivity index is 1.92. The SMILES string of the molecule is Cc1ccc(C)c(NCC(=O)N[C@@](C)(C#N)C2CC2)c1. The van der Waals surface area contributed by atoms with E-state index in [1.54, 1.807) is 6.92 Å². The summed E-state index contributed by atoms with van der Waals surface area (Å²) in [5, 5.41) is 15.2. The second-order valence-corrected chi connectivity index (χ2v) is 5.81. The van der Waals surface area contributed by atoms with Crippen molar-refractivity contribution in [1.82, 2.24) is 5.32 Å². The van der Waals surface area contributed by atoms with Gasteiger partial charge in [-0.2, -0.15) is 5.26 Å². The van der Waals surface area contributed by atoms with E-state index in [1.807, 2.05) is 32.0 Å². The fraction of sp³-hybridized carbons (Fsp3) is 0.500. The van der Waals surface area contributed by atoms with Gasteiger partial charge in [0.15, 0.2) is 0 Å². The smallest absolute Gasteiger partial charge is 0.240 e. The van der Waals surface area contributed by atoms with Gasteiger partial charge >= 0.3 is 0 Å². The Bertz CT molecular complexity index is 557. The van der Waals surface area contributed by atoms with Crippen molar-refractivity contribution in [3.63, 3.8) is 0 Å². The molecule has 0 radical (unpaired) electrons. The van der Waals surface area contributed by atoms with Gasteiger partial charge in [-0.3, -0.25) is 4.79 Å². The maximum atomic E-state index is 12.0. The van der Waals surface area contributed by atoms with Crippen LogP contribution >= 0.6 is 0 Å². The zero-order valence-corrected chi connectivity index (χ0v) is 12.3. The summed E-state index contributed by atoms with van der Waals surface area (Å²) in [7, 11) is 0. The molecular formula is C16H21N3O. The molecule has 1 saturated carbocycles. The summed E-state index contributed by atoms with van der Waals surface area (Å²) in [6, 6.07) is 8.32. The molecule has 1 aliphatic rings. The van der Waals surface area contributed by atoms with Gasteiger partial charge in [0, 0.05) is 5.69 Å². The third-order valence-corrected chi connectivity index (χ3v) is 3.86. The van der Waals surface area contributed by atoms with E-state index in [0.717, 1.165) is 29.7 Å². The fourth-order valence-corrected chi connectivity index (χ4v) is 2.32. The number of aryl methyl sites for hydroxylation is 2. The molecule has 0 bridgehead atoms. The number of carbonyl (C=O) groups excluding carboxylic acids is 1. The average Bonchev–Trinajstić information content (AvgIpc) is 3.24. The van der Waals surface area contributed by atoms with Gasteiger partial charge in [-0.25, -0.2) is 0 Å². The topological polar surface area (TPSA) is 64.9 Å². The number of carbonyl (C=O) groups is 1.